The van der Waals surface area contributed by atoms with E-state index >= 15 is 0 Å². The molecule has 0 fully saturated rings. The lowest BCUT2D eigenvalue weighted by atomic mass is 10.0. The van der Waals surface area contributed by atoms with Gasteiger partial charge in [-0.25, -0.2) is 5.43 Å². The van der Waals surface area contributed by atoms with Crippen molar-refractivity contribution in [2.24, 2.45) is 5.10 Å². The van der Waals surface area contributed by atoms with E-state index in [2.05, 4.69) is 57.4 Å². The highest BCUT2D eigenvalue weighted by molar-refractivity contribution is 9.10. The van der Waals surface area contributed by atoms with E-state index in [-0.39, 0.29) is 5.91 Å². The van der Waals surface area contributed by atoms with Crippen molar-refractivity contribution < 1.29 is 4.79 Å². The van der Waals surface area contributed by atoms with Crippen LogP contribution in [0.4, 0.5) is 0 Å². The largest absolute Gasteiger partial charge is 0.356 e. The van der Waals surface area contributed by atoms with Crippen molar-refractivity contribution in [3.63, 3.8) is 0 Å². The first-order valence-corrected chi connectivity index (χ1v) is 7.02. The molecule has 0 radical (unpaired) electrons. The number of aromatic nitrogens is 1. The van der Waals surface area contributed by atoms with Gasteiger partial charge in [-0.3, -0.25) is 4.79 Å². The fourth-order valence-electron chi connectivity index (χ4n) is 1.84. The molecule has 5 heteroatoms. The molecule has 0 aliphatic rings. The van der Waals surface area contributed by atoms with Gasteiger partial charge in [-0.1, -0.05) is 6.07 Å². The lowest BCUT2D eigenvalue weighted by Gasteiger charge is -2.05. The summed E-state index contributed by atoms with van der Waals surface area (Å²) in [6.45, 7) is 6.16. The fraction of sp³-hybridized carbons (Fsp3) is 0.200. The van der Waals surface area contributed by atoms with E-state index in [4.69, 9.17) is 0 Å². The second-order valence-corrected chi connectivity index (χ2v) is 5.64. The summed E-state index contributed by atoms with van der Waals surface area (Å²) in [6, 6.07) is 5.87. The Morgan fingerprint density at radius 1 is 1.20 bits per heavy atom. The van der Waals surface area contributed by atoms with Crippen LogP contribution in [0.1, 0.15) is 32.7 Å². The van der Waals surface area contributed by atoms with Gasteiger partial charge in [0.25, 0.3) is 5.91 Å². The number of H-pyrrole nitrogens is 1. The van der Waals surface area contributed by atoms with Crippen LogP contribution in [0.3, 0.4) is 0 Å². The number of carbonyl (C=O) groups excluding carboxylic acids is 1. The highest BCUT2D eigenvalue weighted by Gasteiger charge is 2.06. The molecule has 2 N–H and O–H groups in total. The zero-order chi connectivity index (χ0) is 14.7. The highest BCUT2D eigenvalue weighted by Crippen LogP contribution is 2.13. The second-order valence-electron chi connectivity index (χ2n) is 4.72. The normalized spacial score (nSPS) is 11.0. The van der Waals surface area contributed by atoms with Crippen LogP contribution in [0.5, 0.6) is 0 Å². The number of benzene rings is 1. The Bertz CT molecular complexity index is 674. The van der Waals surface area contributed by atoms with Crippen molar-refractivity contribution in [2.45, 2.75) is 20.8 Å². The Morgan fingerprint density at radius 2 is 1.90 bits per heavy atom. The van der Waals surface area contributed by atoms with Gasteiger partial charge in [0.05, 0.1) is 6.21 Å². The topological polar surface area (TPSA) is 57.2 Å². The first kappa shape index (κ1) is 14.5. The molecule has 0 unspecified atom stereocenters. The van der Waals surface area contributed by atoms with E-state index in [9.17, 15) is 4.79 Å². The molecule has 0 saturated carbocycles. The third kappa shape index (κ3) is 3.36. The number of hydrogen-bond acceptors (Lipinski definition) is 2. The van der Waals surface area contributed by atoms with Crippen LogP contribution in [0.2, 0.25) is 0 Å². The molecule has 0 spiro atoms. The molecule has 1 aromatic carbocycles. The van der Waals surface area contributed by atoms with Crippen LogP contribution >= 0.6 is 15.9 Å². The monoisotopic (exact) mass is 333 g/mol. The van der Waals surface area contributed by atoms with Crippen molar-refractivity contribution in [1.29, 1.82) is 0 Å². The number of amides is 1. The van der Waals surface area contributed by atoms with Crippen LogP contribution in [0.15, 0.2) is 34.0 Å². The molecule has 0 saturated heterocycles. The Morgan fingerprint density at radius 3 is 2.55 bits per heavy atom. The molecule has 1 amide bonds. The van der Waals surface area contributed by atoms with Crippen molar-refractivity contribution in [3.05, 3.63) is 56.8 Å². The molecule has 0 aliphatic heterocycles. The maximum atomic E-state index is 11.8. The van der Waals surface area contributed by atoms with Crippen molar-refractivity contribution >= 4 is 28.1 Å². The lowest BCUT2D eigenvalue weighted by molar-refractivity contribution is 0.0951. The van der Waals surface area contributed by atoms with Crippen LogP contribution < -0.4 is 5.43 Å². The van der Waals surface area contributed by atoms with Crippen LogP contribution in [0, 0.1) is 20.8 Å². The number of hydrogen-bond donors (Lipinski definition) is 2. The standard InChI is InChI=1S/C15H16BrN3O/c1-9-4-11(3)12(5-10(9)2)7-18-19-15(20)14-6-13(16)8-17-14/h4-8,17H,1-3H3,(H,19,20)/b18-7-. The maximum Gasteiger partial charge on any atom is 0.287 e. The lowest BCUT2D eigenvalue weighted by Crippen LogP contribution is -2.17. The van der Waals surface area contributed by atoms with E-state index < -0.39 is 0 Å². The minimum atomic E-state index is -0.270. The van der Waals surface area contributed by atoms with Gasteiger partial charge in [0, 0.05) is 10.7 Å². The predicted molar refractivity (Wildman–Crippen MR) is 84.2 cm³/mol. The molecule has 2 rings (SSSR count). The van der Waals surface area contributed by atoms with E-state index in [0.717, 1.165) is 15.6 Å². The Kier molecular flexibility index (Phi) is 4.39. The zero-order valence-electron chi connectivity index (χ0n) is 11.6. The van der Waals surface area contributed by atoms with Gasteiger partial charge in [0.15, 0.2) is 0 Å². The summed E-state index contributed by atoms with van der Waals surface area (Å²) in [5, 5.41) is 4.00. The first-order valence-electron chi connectivity index (χ1n) is 6.22. The second kappa shape index (κ2) is 6.05. The fourth-order valence-corrected chi connectivity index (χ4v) is 2.18. The number of nitrogens with zero attached hydrogens (tertiary/aromatic N) is 1. The van der Waals surface area contributed by atoms with Crippen molar-refractivity contribution in [2.75, 3.05) is 0 Å². The molecule has 20 heavy (non-hydrogen) atoms. The molecule has 2 aromatic rings. The summed E-state index contributed by atoms with van der Waals surface area (Å²) in [5.41, 5.74) is 7.55. The summed E-state index contributed by atoms with van der Waals surface area (Å²) < 4.78 is 0.830. The van der Waals surface area contributed by atoms with Crippen molar-refractivity contribution in [1.82, 2.24) is 10.4 Å². The summed E-state index contributed by atoms with van der Waals surface area (Å²) in [4.78, 5) is 14.6. The number of halogens is 1. The SMILES string of the molecule is Cc1cc(C)c(/C=N\NC(=O)c2cc(Br)c[nH]2)cc1C. The van der Waals surface area contributed by atoms with E-state index in [1.54, 1.807) is 18.5 Å². The Balaban J connectivity index is 2.07. The van der Waals surface area contributed by atoms with Crippen LogP contribution in [0.25, 0.3) is 0 Å². The molecular weight excluding hydrogens is 318 g/mol. The predicted octanol–water partition coefficient (Wildman–Crippen LogP) is 3.47. The van der Waals surface area contributed by atoms with E-state index in [1.807, 2.05) is 6.92 Å². The van der Waals surface area contributed by atoms with Crippen molar-refractivity contribution in [3.8, 4) is 0 Å². The molecular formula is C15H16BrN3O. The van der Waals surface area contributed by atoms with Gasteiger partial charge in [-0.05, 0) is 71.1 Å². The summed E-state index contributed by atoms with van der Waals surface area (Å²) >= 11 is 3.28. The number of hydrazone groups is 1. The average Bonchev–Trinajstić information content (AvgIpc) is 2.82. The number of nitrogens with one attached hydrogen (secondary N) is 2. The van der Waals surface area contributed by atoms with E-state index in [1.165, 1.54) is 11.1 Å². The minimum Gasteiger partial charge on any atom is -0.356 e. The third-order valence-electron chi connectivity index (χ3n) is 3.14. The molecule has 1 aromatic heterocycles. The number of rotatable bonds is 3. The first-order chi connectivity index (χ1) is 9.47. The smallest absolute Gasteiger partial charge is 0.287 e. The number of aromatic amines is 1. The number of carbonyl (C=O) groups is 1. The molecule has 0 atom stereocenters. The molecule has 0 bridgehead atoms. The molecule has 104 valence electrons. The minimum absolute atomic E-state index is 0.270. The van der Waals surface area contributed by atoms with Crippen LogP contribution in [-0.4, -0.2) is 17.1 Å². The molecule has 4 nitrogen and oxygen atoms in total. The molecule has 1 heterocycles. The zero-order valence-corrected chi connectivity index (χ0v) is 13.2. The Labute approximate surface area is 126 Å². The summed E-state index contributed by atoms with van der Waals surface area (Å²) in [5.74, 6) is -0.270. The summed E-state index contributed by atoms with van der Waals surface area (Å²) in [7, 11) is 0. The Hall–Kier alpha value is -1.88. The average molecular weight is 334 g/mol. The summed E-state index contributed by atoms with van der Waals surface area (Å²) in [6.07, 6.45) is 3.36. The van der Waals surface area contributed by atoms with Gasteiger partial charge < -0.3 is 4.98 Å². The van der Waals surface area contributed by atoms with Gasteiger partial charge in [0.2, 0.25) is 0 Å². The van der Waals surface area contributed by atoms with E-state index in [0.29, 0.717) is 5.69 Å². The quantitative estimate of drug-likeness (QED) is 0.655. The van der Waals surface area contributed by atoms with Crippen LogP contribution in [-0.2, 0) is 0 Å². The van der Waals surface area contributed by atoms with Gasteiger partial charge in [0.1, 0.15) is 5.69 Å². The van der Waals surface area contributed by atoms with Gasteiger partial charge >= 0.3 is 0 Å². The number of aryl methyl sites for hydroxylation is 3. The van der Waals surface area contributed by atoms with Gasteiger partial charge in [-0.2, -0.15) is 5.10 Å². The third-order valence-corrected chi connectivity index (χ3v) is 3.60. The van der Waals surface area contributed by atoms with Gasteiger partial charge in [-0.15, -0.1) is 0 Å². The highest BCUT2D eigenvalue weighted by atomic mass is 79.9. The molecule has 0 aliphatic carbocycles. The maximum absolute atomic E-state index is 11.8.